The van der Waals surface area contributed by atoms with Gasteiger partial charge < -0.3 is 15.8 Å². The molecule has 3 N–H and O–H groups in total. The second-order valence-corrected chi connectivity index (χ2v) is 5.43. The molecule has 0 bridgehead atoms. The highest BCUT2D eigenvalue weighted by Gasteiger charge is 2.22. The first-order valence-corrected chi connectivity index (χ1v) is 7.04. The van der Waals surface area contributed by atoms with Crippen molar-refractivity contribution in [2.45, 2.75) is 19.8 Å². The SMILES string of the molecule is Cc1ccc(F)cc1Nc1ccc(N)c(OCC2CC2)n1. The number of aryl methyl sites for hydroxylation is 1. The van der Waals surface area contributed by atoms with Crippen LogP contribution in [0.1, 0.15) is 18.4 Å². The minimum Gasteiger partial charge on any atom is -0.476 e. The molecule has 1 fully saturated rings. The van der Waals surface area contributed by atoms with Crippen molar-refractivity contribution >= 4 is 17.2 Å². The van der Waals surface area contributed by atoms with Crippen molar-refractivity contribution in [2.24, 2.45) is 5.92 Å². The predicted molar refractivity (Wildman–Crippen MR) is 81.3 cm³/mol. The number of pyridine rings is 1. The number of nitrogens with two attached hydrogens (primary N) is 1. The molecule has 1 saturated carbocycles. The van der Waals surface area contributed by atoms with Gasteiger partial charge in [-0.05, 0) is 55.5 Å². The third-order valence-corrected chi connectivity index (χ3v) is 3.50. The van der Waals surface area contributed by atoms with E-state index in [1.54, 1.807) is 18.2 Å². The fourth-order valence-corrected chi connectivity index (χ4v) is 1.98. The summed E-state index contributed by atoms with van der Waals surface area (Å²) >= 11 is 0. The summed E-state index contributed by atoms with van der Waals surface area (Å²) in [5, 5.41) is 3.10. The second kappa shape index (κ2) is 5.60. The molecule has 0 unspecified atom stereocenters. The third kappa shape index (κ3) is 3.42. The van der Waals surface area contributed by atoms with Gasteiger partial charge in [-0.15, -0.1) is 0 Å². The van der Waals surface area contributed by atoms with Crippen molar-refractivity contribution in [3.05, 3.63) is 41.7 Å². The standard InChI is InChI=1S/C16H18FN3O/c1-10-2-5-12(17)8-14(10)19-15-7-6-13(18)16(20-15)21-9-11-3-4-11/h2,5-8,11H,3-4,9,18H2,1H3,(H,19,20). The third-order valence-electron chi connectivity index (χ3n) is 3.50. The number of benzene rings is 1. The van der Waals surface area contributed by atoms with Crippen LogP contribution in [-0.2, 0) is 0 Å². The van der Waals surface area contributed by atoms with Crippen LogP contribution in [0.25, 0.3) is 0 Å². The highest BCUT2D eigenvalue weighted by molar-refractivity contribution is 5.63. The first-order chi connectivity index (χ1) is 10.1. The van der Waals surface area contributed by atoms with Crippen LogP contribution in [-0.4, -0.2) is 11.6 Å². The zero-order valence-corrected chi connectivity index (χ0v) is 11.9. The number of aromatic nitrogens is 1. The molecule has 1 aromatic carbocycles. The molecule has 0 spiro atoms. The van der Waals surface area contributed by atoms with Gasteiger partial charge in [-0.1, -0.05) is 6.07 Å². The van der Waals surface area contributed by atoms with Crippen LogP contribution in [0.15, 0.2) is 30.3 Å². The molecule has 1 heterocycles. The lowest BCUT2D eigenvalue weighted by Crippen LogP contribution is -2.05. The van der Waals surface area contributed by atoms with Crippen LogP contribution in [0.2, 0.25) is 0 Å². The summed E-state index contributed by atoms with van der Waals surface area (Å²) in [5.74, 6) is 1.36. The second-order valence-electron chi connectivity index (χ2n) is 5.43. The molecule has 1 aliphatic rings. The van der Waals surface area contributed by atoms with E-state index in [-0.39, 0.29) is 5.82 Å². The van der Waals surface area contributed by atoms with Crippen LogP contribution < -0.4 is 15.8 Å². The Hall–Kier alpha value is -2.30. The zero-order valence-electron chi connectivity index (χ0n) is 11.9. The van der Waals surface area contributed by atoms with Crippen LogP contribution in [0.5, 0.6) is 5.88 Å². The van der Waals surface area contributed by atoms with Crippen LogP contribution in [0, 0.1) is 18.7 Å². The average Bonchev–Trinajstić information content (AvgIpc) is 3.27. The Morgan fingerprint density at radius 3 is 2.90 bits per heavy atom. The summed E-state index contributed by atoms with van der Waals surface area (Å²) in [5.41, 5.74) is 8.00. The van der Waals surface area contributed by atoms with E-state index < -0.39 is 0 Å². The Bertz CT molecular complexity index is 656. The summed E-state index contributed by atoms with van der Waals surface area (Å²) in [7, 11) is 0. The van der Waals surface area contributed by atoms with E-state index in [9.17, 15) is 4.39 Å². The summed E-state index contributed by atoms with van der Waals surface area (Å²) in [6.07, 6.45) is 2.42. The molecule has 0 aliphatic heterocycles. The molecule has 1 aromatic heterocycles. The van der Waals surface area contributed by atoms with E-state index >= 15 is 0 Å². The molecule has 0 saturated heterocycles. The van der Waals surface area contributed by atoms with Crippen LogP contribution in [0.4, 0.5) is 21.6 Å². The lowest BCUT2D eigenvalue weighted by atomic mass is 10.2. The van der Waals surface area contributed by atoms with Gasteiger partial charge in [-0.2, -0.15) is 4.98 Å². The molecule has 110 valence electrons. The van der Waals surface area contributed by atoms with E-state index in [1.807, 2.05) is 6.92 Å². The van der Waals surface area contributed by atoms with Crippen LogP contribution in [0.3, 0.4) is 0 Å². The molecular formula is C16H18FN3O. The van der Waals surface area contributed by atoms with Gasteiger partial charge in [0.1, 0.15) is 11.6 Å². The normalized spacial score (nSPS) is 14.0. The maximum absolute atomic E-state index is 13.3. The van der Waals surface area contributed by atoms with Crippen molar-refractivity contribution in [2.75, 3.05) is 17.7 Å². The molecule has 21 heavy (non-hydrogen) atoms. The quantitative estimate of drug-likeness (QED) is 0.881. The molecule has 2 aromatic rings. The number of halogens is 1. The van der Waals surface area contributed by atoms with Gasteiger partial charge in [0, 0.05) is 5.69 Å². The molecule has 1 aliphatic carbocycles. The number of rotatable bonds is 5. The van der Waals surface area contributed by atoms with Crippen molar-refractivity contribution in [3.8, 4) is 5.88 Å². The Morgan fingerprint density at radius 2 is 2.14 bits per heavy atom. The fraction of sp³-hybridized carbons (Fsp3) is 0.312. The molecular weight excluding hydrogens is 269 g/mol. The van der Waals surface area contributed by atoms with Gasteiger partial charge in [-0.3, -0.25) is 0 Å². The molecule has 4 nitrogen and oxygen atoms in total. The van der Waals surface area contributed by atoms with E-state index in [1.165, 1.54) is 25.0 Å². The Balaban J connectivity index is 1.78. The first-order valence-electron chi connectivity index (χ1n) is 7.04. The average molecular weight is 287 g/mol. The monoisotopic (exact) mass is 287 g/mol. The fourth-order valence-electron chi connectivity index (χ4n) is 1.98. The van der Waals surface area contributed by atoms with Crippen LogP contribution >= 0.6 is 0 Å². The van der Waals surface area contributed by atoms with Gasteiger partial charge >= 0.3 is 0 Å². The summed E-state index contributed by atoms with van der Waals surface area (Å²) in [4.78, 5) is 4.36. The molecule has 0 atom stereocenters. The van der Waals surface area contributed by atoms with Crippen molar-refractivity contribution < 1.29 is 9.13 Å². The van der Waals surface area contributed by atoms with Crippen molar-refractivity contribution in [3.63, 3.8) is 0 Å². The number of hydrogen-bond acceptors (Lipinski definition) is 4. The number of hydrogen-bond donors (Lipinski definition) is 2. The lowest BCUT2D eigenvalue weighted by Gasteiger charge is -2.12. The van der Waals surface area contributed by atoms with Gasteiger partial charge in [0.2, 0.25) is 5.88 Å². The van der Waals surface area contributed by atoms with E-state index in [2.05, 4.69) is 10.3 Å². The van der Waals surface area contributed by atoms with Gasteiger partial charge in [0.15, 0.2) is 0 Å². The minimum absolute atomic E-state index is 0.288. The molecule has 5 heteroatoms. The Morgan fingerprint density at radius 1 is 1.33 bits per heavy atom. The summed E-state index contributed by atoms with van der Waals surface area (Å²) in [6, 6.07) is 8.09. The first kappa shape index (κ1) is 13.7. The molecule has 0 amide bonds. The maximum atomic E-state index is 13.3. The molecule has 0 radical (unpaired) electrons. The summed E-state index contributed by atoms with van der Waals surface area (Å²) < 4.78 is 18.9. The van der Waals surface area contributed by atoms with Gasteiger partial charge in [0.25, 0.3) is 0 Å². The minimum atomic E-state index is -0.288. The van der Waals surface area contributed by atoms with Crippen molar-refractivity contribution in [1.82, 2.24) is 4.98 Å². The maximum Gasteiger partial charge on any atom is 0.239 e. The topological polar surface area (TPSA) is 60.2 Å². The number of ether oxygens (including phenoxy) is 1. The Labute approximate surface area is 123 Å². The summed E-state index contributed by atoms with van der Waals surface area (Å²) in [6.45, 7) is 2.56. The zero-order chi connectivity index (χ0) is 14.8. The Kier molecular flexibility index (Phi) is 3.64. The van der Waals surface area contributed by atoms with Gasteiger partial charge in [-0.25, -0.2) is 4.39 Å². The highest BCUT2D eigenvalue weighted by atomic mass is 19.1. The predicted octanol–water partition coefficient (Wildman–Crippen LogP) is 3.64. The smallest absolute Gasteiger partial charge is 0.239 e. The number of anilines is 3. The van der Waals surface area contributed by atoms with E-state index in [4.69, 9.17) is 10.5 Å². The largest absolute Gasteiger partial charge is 0.476 e. The number of nitrogens with one attached hydrogen (secondary N) is 1. The number of nitrogen functional groups attached to an aromatic ring is 1. The highest BCUT2D eigenvalue weighted by Crippen LogP contribution is 2.31. The number of nitrogens with zero attached hydrogens (tertiary/aromatic N) is 1. The van der Waals surface area contributed by atoms with E-state index in [0.717, 1.165) is 5.56 Å². The van der Waals surface area contributed by atoms with Gasteiger partial charge in [0.05, 0.1) is 12.3 Å². The lowest BCUT2D eigenvalue weighted by molar-refractivity contribution is 0.290. The van der Waals surface area contributed by atoms with Crippen molar-refractivity contribution in [1.29, 1.82) is 0 Å². The van der Waals surface area contributed by atoms with E-state index in [0.29, 0.717) is 35.6 Å². The molecule has 3 rings (SSSR count).